The van der Waals surface area contributed by atoms with Crippen LogP contribution in [0.25, 0.3) is 11.0 Å². The van der Waals surface area contributed by atoms with Gasteiger partial charge in [-0.25, -0.2) is 19.0 Å². The average molecular weight is 721 g/mol. The second kappa shape index (κ2) is 15.6. The van der Waals surface area contributed by atoms with E-state index in [1.165, 1.54) is 12.7 Å². The van der Waals surface area contributed by atoms with Gasteiger partial charge in [-0.3, -0.25) is 0 Å². The lowest BCUT2D eigenvalue weighted by molar-refractivity contribution is -0.251. The molecule has 53 heavy (non-hydrogen) atoms. The largest absolute Gasteiger partial charge is 0.382 e. The van der Waals surface area contributed by atoms with Crippen molar-refractivity contribution in [2.24, 2.45) is 11.8 Å². The molecule has 8 atom stereocenters. The summed E-state index contributed by atoms with van der Waals surface area (Å²) in [7, 11) is 0. The third-order valence-electron chi connectivity index (χ3n) is 10.5. The number of hydrogen-bond acceptors (Lipinski definition) is 11. The van der Waals surface area contributed by atoms with Gasteiger partial charge in [-0.2, -0.15) is 10.2 Å². The minimum Gasteiger partial charge on any atom is -0.382 e. The van der Waals surface area contributed by atoms with E-state index in [0.717, 1.165) is 35.2 Å². The second-order valence-corrected chi connectivity index (χ2v) is 13.8. The number of aromatic nitrogens is 6. The molecule has 2 aliphatic heterocycles. The van der Waals surface area contributed by atoms with Crippen molar-refractivity contribution >= 4 is 22.7 Å². The Morgan fingerprint density at radius 2 is 1.28 bits per heavy atom. The number of rotatable bonds is 10. The molecule has 6 heterocycles. The molecule has 0 unspecified atom stereocenters. The highest BCUT2D eigenvalue weighted by Crippen LogP contribution is 2.45. The minimum atomic E-state index is -1.62. The van der Waals surface area contributed by atoms with E-state index in [9.17, 15) is 5.11 Å². The Hall–Kier alpha value is -4.92. The molecule has 0 spiro atoms. The molecule has 0 saturated carbocycles. The number of ether oxygens (including phenoxy) is 4. The van der Waals surface area contributed by atoms with E-state index in [2.05, 4.69) is 46.1 Å². The zero-order valence-corrected chi connectivity index (χ0v) is 30.5. The SMILES string of the molecule is CC[C@H]1O[C@@H](c2ccc3c(N)ncnn23)[C@H](OCc2ccccc2)[C@@H]1C.CC[C@H]1O[C@@](O)(c2ccc3c(N)ncnn23)[C@H](OCc2ccccc2)[C@@H]1C. The summed E-state index contributed by atoms with van der Waals surface area (Å²) in [6.45, 7) is 9.38. The van der Waals surface area contributed by atoms with Gasteiger partial charge in [0.25, 0.3) is 0 Å². The van der Waals surface area contributed by atoms with E-state index < -0.39 is 11.9 Å². The summed E-state index contributed by atoms with van der Waals surface area (Å²) in [6.07, 6.45) is 3.82. The maximum Gasteiger partial charge on any atom is 0.237 e. The molecule has 0 radical (unpaired) electrons. The molecular formula is C40H48N8O5. The van der Waals surface area contributed by atoms with Crippen LogP contribution in [-0.4, -0.2) is 58.7 Å². The second-order valence-electron chi connectivity index (χ2n) is 13.8. The molecule has 0 bridgehead atoms. The number of fused-ring (bicyclic) bond motifs is 2. The molecular weight excluding hydrogens is 672 g/mol. The molecule has 5 N–H and O–H groups in total. The zero-order chi connectivity index (χ0) is 37.1. The van der Waals surface area contributed by atoms with Gasteiger partial charge in [0.15, 0.2) is 11.6 Å². The smallest absolute Gasteiger partial charge is 0.237 e. The molecule has 2 aromatic carbocycles. The molecule has 13 heteroatoms. The molecule has 2 aliphatic rings. The Labute approximate surface area is 308 Å². The summed E-state index contributed by atoms with van der Waals surface area (Å²) in [6, 6.07) is 27.6. The van der Waals surface area contributed by atoms with Gasteiger partial charge in [0, 0.05) is 11.8 Å². The maximum atomic E-state index is 11.6. The average Bonchev–Trinajstić information content (AvgIpc) is 3.95. The Balaban J connectivity index is 0.000000164. The standard InChI is InChI=1S/C20H24N4O3.C20H24N4O2/c1-3-16-13(2)18(26-11-14-7-5-4-6-8-14)20(25,27-16)17-10-9-15-19(21)22-12-23-24(15)17;1-3-17-13(2)18(25-11-14-7-5-4-6-8-14)19(26-17)15-9-10-16-20(21)22-12-23-24(15)16/h4-10,12-13,16,18,25H,3,11H2,1-2H3,(H2,21,22,23);4-10,12-13,17-19H,3,11H2,1-2H3,(H2,21,22,23)/t13-,16-,18-,20+;13-,17-,18-,19+/m11/s1. The molecule has 0 amide bonds. The molecule has 6 aromatic rings. The fraction of sp³-hybridized carbons (Fsp3) is 0.400. The number of nitrogen functional groups attached to an aromatic ring is 2. The predicted octanol–water partition coefficient (Wildman–Crippen LogP) is 5.87. The first-order chi connectivity index (χ1) is 25.7. The zero-order valence-electron chi connectivity index (χ0n) is 30.5. The highest BCUT2D eigenvalue weighted by molar-refractivity contribution is 5.66. The van der Waals surface area contributed by atoms with Crippen molar-refractivity contribution < 1.29 is 24.1 Å². The van der Waals surface area contributed by atoms with Gasteiger partial charge >= 0.3 is 0 Å². The van der Waals surface area contributed by atoms with Crippen molar-refractivity contribution in [1.29, 1.82) is 0 Å². The van der Waals surface area contributed by atoms with Gasteiger partial charge in [0.1, 0.15) is 41.6 Å². The Morgan fingerprint density at radius 3 is 1.91 bits per heavy atom. The van der Waals surface area contributed by atoms with Crippen LogP contribution in [0, 0.1) is 11.8 Å². The topological polar surface area (TPSA) is 170 Å². The van der Waals surface area contributed by atoms with Crippen LogP contribution in [0.3, 0.4) is 0 Å². The Bertz CT molecular complexity index is 2110. The van der Waals surface area contributed by atoms with Crippen LogP contribution in [-0.2, 0) is 37.9 Å². The van der Waals surface area contributed by atoms with Crippen molar-refractivity contribution in [3.63, 3.8) is 0 Å². The van der Waals surface area contributed by atoms with Crippen LogP contribution in [0.1, 0.15) is 69.2 Å². The molecule has 4 aromatic heterocycles. The number of aliphatic hydroxyl groups is 1. The summed E-state index contributed by atoms with van der Waals surface area (Å²) >= 11 is 0. The van der Waals surface area contributed by atoms with Crippen LogP contribution >= 0.6 is 0 Å². The lowest BCUT2D eigenvalue weighted by Gasteiger charge is -2.29. The van der Waals surface area contributed by atoms with Crippen molar-refractivity contribution in [1.82, 2.24) is 29.2 Å². The van der Waals surface area contributed by atoms with Gasteiger partial charge in [-0.1, -0.05) is 88.4 Å². The summed E-state index contributed by atoms with van der Waals surface area (Å²) in [5.41, 5.74) is 17.0. The number of anilines is 2. The predicted molar refractivity (Wildman–Crippen MR) is 200 cm³/mol. The van der Waals surface area contributed by atoms with Crippen molar-refractivity contribution in [2.75, 3.05) is 11.5 Å². The summed E-state index contributed by atoms with van der Waals surface area (Å²) in [5, 5.41) is 20.2. The number of benzene rings is 2. The number of nitrogens with zero attached hydrogens (tertiary/aromatic N) is 6. The maximum absolute atomic E-state index is 11.6. The van der Waals surface area contributed by atoms with E-state index in [4.69, 9.17) is 30.4 Å². The highest BCUT2D eigenvalue weighted by atomic mass is 16.7. The third-order valence-corrected chi connectivity index (χ3v) is 10.5. The van der Waals surface area contributed by atoms with E-state index in [-0.39, 0.29) is 30.3 Å². The Kier molecular flexibility index (Phi) is 10.7. The van der Waals surface area contributed by atoms with E-state index >= 15 is 0 Å². The first-order valence-corrected chi connectivity index (χ1v) is 18.3. The van der Waals surface area contributed by atoms with Gasteiger partial charge in [0.2, 0.25) is 5.79 Å². The molecule has 8 rings (SSSR count). The lowest BCUT2D eigenvalue weighted by Crippen LogP contribution is -2.41. The van der Waals surface area contributed by atoms with Gasteiger partial charge in [-0.05, 0) is 48.2 Å². The number of hydrogen-bond donors (Lipinski definition) is 3. The molecule has 0 aliphatic carbocycles. The number of nitrogens with two attached hydrogens (primary N) is 2. The van der Waals surface area contributed by atoms with Crippen LogP contribution in [0.5, 0.6) is 0 Å². The van der Waals surface area contributed by atoms with Gasteiger partial charge in [0.05, 0.1) is 37.2 Å². The fourth-order valence-electron chi connectivity index (χ4n) is 7.64. The van der Waals surface area contributed by atoms with E-state index in [0.29, 0.717) is 42.0 Å². The minimum absolute atomic E-state index is 0.00782. The summed E-state index contributed by atoms with van der Waals surface area (Å²) < 4.78 is 28.4. The van der Waals surface area contributed by atoms with Crippen molar-refractivity contribution in [2.45, 2.75) is 90.1 Å². The first-order valence-electron chi connectivity index (χ1n) is 18.3. The lowest BCUT2D eigenvalue weighted by atomic mass is 9.93. The van der Waals surface area contributed by atoms with E-state index in [1.54, 1.807) is 16.6 Å². The van der Waals surface area contributed by atoms with Gasteiger partial charge in [-0.15, -0.1) is 0 Å². The molecule has 2 fully saturated rings. The quantitative estimate of drug-likeness (QED) is 0.155. The third kappa shape index (κ3) is 7.10. The van der Waals surface area contributed by atoms with Crippen molar-refractivity contribution in [3.8, 4) is 0 Å². The van der Waals surface area contributed by atoms with Crippen LogP contribution in [0.2, 0.25) is 0 Å². The van der Waals surface area contributed by atoms with Crippen LogP contribution in [0.15, 0.2) is 97.6 Å². The van der Waals surface area contributed by atoms with Crippen LogP contribution < -0.4 is 11.5 Å². The molecule has 13 nitrogen and oxygen atoms in total. The van der Waals surface area contributed by atoms with Crippen molar-refractivity contribution in [3.05, 3.63) is 120 Å². The van der Waals surface area contributed by atoms with Crippen LogP contribution in [0.4, 0.5) is 11.6 Å². The summed E-state index contributed by atoms with van der Waals surface area (Å²) in [5.74, 6) is -0.514. The normalized spacial score (nSPS) is 26.9. The Morgan fingerprint density at radius 1 is 0.717 bits per heavy atom. The fourth-order valence-corrected chi connectivity index (χ4v) is 7.64. The molecule has 278 valence electrons. The van der Waals surface area contributed by atoms with Gasteiger partial charge < -0.3 is 35.5 Å². The highest BCUT2D eigenvalue weighted by Gasteiger charge is 2.55. The first kappa shape index (κ1) is 36.4. The van der Waals surface area contributed by atoms with E-state index in [1.807, 2.05) is 79.0 Å². The monoisotopic (exact) mass is 720 g/mol. The summed E-state index contributed by atoms with van der Waals surface area (Å²) in [4.78, 5) is 8.07. The molecule has 2 saturated heterocycles.